The predicted molar refractivity (Wildman–Crippen MR) is 90.9 cm³/mol. The Hall–Kier alpha value is -2.39. The highest BCUT2D eigenvalue weighted by Crippen LogP contribution is 2.34. The average Bonchev–Trinajstić information content (AvgIpc) is 3.09. The maximum Gasteiger partial charge on any atom is 0.214 e. The maximum absolute atomic E-state index is 9.60. The topological polar surface area (TPSA) is 63.2 Å². The van der Waals surface area contributed by atoms with Gasteiger partial charge < -0.3 is 4.74 Å². The lowest BCUT2D eigenvalue weighted by molar-refractivity contribution is 0.416. The normalized spacial score (nSPS) is 10.9. The van der Waals surface area contributed by atoms with Gasteiger partial charge in [0.2, 0.25) is 4.96 Å². The van der Waals surface area contributed by atoms with Gasteiger partial charge in [0.05, 0.1) is 7.11 Å². The van der Waals surface area contributed by atoms with E-state index in [2.05, 4.69) is 23.1 Å². The summed E-state index contributed by atoms with van der Waals surface area (Å²) in [4.78, 5) is 5.40. The van der Waals surface area contributed by atoms with Crippen LogP contribution in [0, 0.1) is 18.3 Å². The highest BCUT2D eigenvalue weighted by atomic mass is 32.1. The molecule has 0 saturated carbocycles. The Balaban J connectivity index is 2.14. The Bertz CT molecular complexity index is 888. The number of unbranched alkanes of at least 4 members (excludes halogenated alkanes) is 1. The lowest BCUT2D eigenvalue weighted by atomic mass is 10.1. The largest absolute Gasteiger partial charge is 0.496 e. The number of methoxy groups -OCH3 is 1. The molecular formula is C17H18N4OS. The Morgan fingerprint density at radius 1 is 1.39 bits per heavy atom. The van der Waals surface area contributed by atoms with Crippen molar-refractivity contribution in [2.75, 3.05) is 7.11 Å². The van der Waals surface area contributed by atoms with E-state index >= 15 is 0 Å². The van der Waals surface area contributed by atoms with Crippen molar-refractivity contribution < 1.29 is 4.74 Å². The van der Waals surface area contributed by atoms with Crippen molar-refractivity contribution in [2.45, 2.75) is 33.1 Å². The molecule has 0 saturated heterocycles. The van der Waals surface area contributed by atoms with Gasteiger partial charge in [0.15, 0.2) is 5.69 Å². The summed E-state index contributed by atoms with van der Waals surface area (Å²) in [6, 6.07) is 8.12. The standard InChI is InChI=1S/C17H18N4OS/c1-4-5-6-15-20-21-13(10-18)16(19-17(21)23-15)12-9-11(2)7-8-14(12)22-3/h7-9H,4-6H2,1-3H3. The van der Waals surface area contributed by atoms with Crippen LogP contribution < -0.4 is 4.74 Å². The van der Waals surface area contributed by atoms with Gasteiger partial charge in [-0.3, -0.25) is 0 Å². The second kappa shape index (κ2) is 6.39. The molecule has 0 aliphatic rings. The van der Waals surface area contributed by atoms with Crippen molar-refractivity contribution in [1.29, 1.82) is 5.26 Å². The van der Waals surface area contributed by atoms with Crippen LogP contribution in [-0.2, 0) is 6.42 Å². The number of aromatic nitrogens is 3. The minimum atomic E-state index is 0.461. The smallest absolute Gasteiger partial charge is 0.214 e. The molecule has 2 aromatic heterocycles. The Morgan fingerprint density at radius 2 is 2.22 bits per heavy atom. The number of ether oxygens (including phenoxy) is 1. The van der Waals surface area contributed by atoms with Crippen LogP contribution in [0.3, 0.4) is 0 Å². The van der Waals surface area contributed by atoms with Gasteiger partial charge >= 0.3 is 0 Å². The molecule has 0 amide bonds. The highest BCUT2D eigenvalue weighted by Gasteiger charge is 2.20. The third-order valence-corrected chi connectivity index (χ3v) is 4.67. The molecule has 1 aromatic carbocycles. The Labute approximate surface area is 139 Å². The second-order valence-electron chi connectivity index (χ2n) is 5.42. The van der Waals surface area contributed by atoms with E-state index in [4.69, 9.17) is 4.74 Å². The number of hydrogen-bond donors (Lipinski definition) is 0. The summed E-state index contributed by atoms with van der Waals surface area (Å²) in [7, 11) is 1.62. The van der Waals surface area contributed by atoms with Gasteiger partial charge in [0.25, 0.3) is 0 Å². The first-order valence-electron chi connectivity index (χ1n) is 7.61. The molecule has 0 radical (unpaired) electrons. The zero-order chi connectivity index (χ0) is 16.4. The van der Waals surface area contributed by atoms with E-state index in [0.29, 0.717) is 17.1 Å². The number of benzene rings is 1. The number of hydrogen-bond acceptors (Lipinski definition) is 5. The van der Waals surface area contributed by atoms with Gasteiger partial charge in [-0.2, -0.15) is 14.9 Å². The predicted octanol–water partition coefficient (Wildman–Crippen LogP) is 3.99. The zero-order valence-corrected chi connectivity index (χ0v) is 14.3. The molecule has 0 aliphatic heterocycles. The van der Waals surface area contributed by atoms with Crippen LogP contribution >= 0.6 is 11.3 Å². The number of rotatable bonds is 5. The molecule has 0 spiro atoms. The lowest BCUT2D eigenvalue weighted by Gasteiger charge is -2.07. The molecule has 0 N–H and O–H groups in total. The fourth-order valence-corrected chi connectivity index (χ4v) is 3.45. The first-order valence-corrected chi connectivity index (χ1v) is 8.43. The summed E-state index contributed by atoms with van der Waals surface area (Å²) in [5.74, 6) is 0.712. The van der Waals surface area contributed by atoms with Crippen LogP contribution in [0.25, 0.3) is 16.2 Å². The van der Waals surface area contributed by atoms with Gasteiger partial charge in [-0.15, -0.1) is 0 Å². The highest BCUT2D eigenvalue weighted by molar-refractivity contribution is 7.16. The summed E-state index contributed by atoms with van der Waals surface area (Å²) >= 11 is 1.55. The van der Waals surface area contributed by atoms with E-state index < -0.39 is 0 Å². The van der Waals surface area contributed by atoms with E-state index in [1.54, 1.807) is 23.0 Å². The first kappa shape index (κ1) is 15.5. The molecule has 3 aromatic rings. The number of nitriles is 1. The number of aryl methyl sites for hydroxylation is 2. The molecule has 0 fully saturated rings. The molecule has 3 rings (SSSR count). The fourth-order valence-electron chi connectivity index (χ4n) is 2.51. The van der Waals surface area contributed by atoms with Crippen molar-refractivity contribution in [3.8, 4) is 23.1 Å². The van der Waals surface area contributed by atoms with Crippen LogP contribution in [0.15, 0.2) is 18.2 Å². The van der Waals surface area contributed by atoms with Crippen LogP contribution in [0.2, 0.25) is 0 Å². The van der Waals surface area contributed by atoms with Gasteiger partial charge in [0.1, 0.15) is 22.5 Å². The minimum Gasteiger partial charge on any atom is -0.496 e. The summed E-state index contributed by atoms with van der Waals surface area (Å²) in [6.45, 7) is 4.16. The zero-order valence-electron chi connectivity index (χ0n) is 13.5. The van der Waals surface area contributed by atoms with E-state index in [0.717, 1.165) is 40.4 Å². The summed E-state index contributed by atoms with van der Waals surface area (Å²) in [5.41, 5.74) is 3.02. The summed E-state index contributed by atoms with van der Waals surface area (Å²) in [6.07, 6.45) is 3.15. The molecular weight excluding hydrogens is 308 g/mol. The average molecular weight is 326 g/mol. The quantitative estimate of drug-likeness (QED) is 0.711. The first-order chi connectivity index (χ1) is 11.2. The van der Waals surface area contributed by atoms with Gasteiger partial charge in [0, 0.05) is 12.0 Å². The Kier molecular flexibility index (Phi) is 4.30. The molecule has 6 heteroatoms. The van der Waals surface area contributed by atoms with E-state index in [1.807, 2.05) is 25.1 Å². The van der Waals surface area contributed by atoms with E-state index in [1.165, 1.54) is 0 Å². The molecule has 2 heterocycles. The molecule has 5 nitrogen and oxygen atoms in total. The van der Waals surface area contributed by atoms with Crippen LogP contribution in [0.5, 0.6) is 5.75 Å². The third-order valence-electron chi connectivity index (χ3n) is 3.71. The number of fused-ring (bicyclic) bond motifs is 1. The SMILES string of the molecule is CCCCc1nn2c(C#N)c(-c3cc(C)ccc3OC)nc2s1. The molecule has 0 unspecified atom stereocenters. The lowest BCUT2D eigenvalue weighted by Crippen LogP contribution is -1.95. The summed E-state index contributed by atoms with van der Waals surface area (Å²) < 4.78 is 7.09. The van der Waals surface area contributed by atoms with Gasteiger partial charge in [-0.1, -0.05) is 36.3 Å². The third kappa shape index (κ3) is 2.80. The van der Waals surface area contributed by atoms with Crippen molar-refractivity contribution in [3.63, 3.8) is 0 Å². The van der Waals surface area contributed by atoms with Crippen LogP contribution in [0.1, 0.15) is 36.0 Å². The monoisotopic (exact) mass is 326 g/mol. The van der Waals surface area contributed by atoms with Crippen LogP contribution in [-0.4, -0.2) is 21.7 Å². The van der Waals surface area contributed by atoms with E-state index in [-0.39, 0.29) is 0 Å². The van der Waals surface area contributed by atoms with Crippen molar-refractivity contribution in [1.82, 2.24) is 14.6 Å². The number of imidazole rings is 1. The van der Waals surface area contributed by atoms with Crippen molar-refractivity contribution >= 4 is 16.3 Å². The van der Waals surface area contributed by atoms with E-state index in [9.17, 15) is 5.26 Å². The molecule has 23 heavy (non-hydrogen) atoms. The van der Waals surface area contributed by atoms with Crippen molar-refractivity contribution in [3.05, 3.63) is 34.5 Å². The molecule has 0 bridgehead atoms. The Morgan fingerprint density at radius 3 is 2.91 bits per heavy atom. The fraction of sp³-hybridized carbons (Fsp3) is 0.353. The molecule has 0 aliphatic carbocycles. The maximum atomic E-state index is 9.60. The number of nitrogens with zero attached hydrogens (tertiary/aromatic N) is 4. The molecule has 118 valence electrons. The second-order valence-corrected chi connectivity index (χ2v) is 6.46. The molecule has 0 atom stereocenters. The van der Waals surface area contributed by atoms with Crippen molar-refractivity contribution in [2.24, 2.45) is 0 Å². The van der Waals surface area contributed by atoms with Gasteiger partial charge in [-0.05, 0) is 25.5 Å². The van der Waals surface area contributed by atoms with Gasteiger partial charge in [-0.25, -0.2) is 4.98 Å². The minimum absolute atomic E-state index is 0.461. The summed E-state index contributed by atoms with van der Waals surface area (Å²) in [5, 5.41) is 15.2. The van der Waals surface area contributed by atoms with Crippen LogP contribution in [0.4, 0.5) is 0 Å².